The van der Waals surface area contributed by atoms with Gasteiger partial charge in [0.2, 0.25) is 0 Å². The molecule has 2 heterocycles. The van der Waals surface area contributed by atoms with Gasteiger partial charge in [-0.05, 0) is 18.1 Å². The molecule has 0 bridgehead atoms. The molecule has 0 radical (unpaired) electrons. The minimum atomic E-state index is -0.588. The molecular weight excluding hydrogens is 264 g/mol. The van der Waals surface area contributed by atoms with Crippen LogP contribution in [0.1, 0.15) is 23.6 Å². The van der Waals surface area contributed by atoms with Crippen molar-refractivity contribution in [3.05, 3.63) is 47.0 Å². The van der Waals surface area contributed by atoms with Crippen molar-refractivity contribution < 1.29 is 13.9 Å². The Kier molecular flexibility index (Phi) is 3.48. The Morgan fingerprint density at radius 1 is 1.30 bits per heavy atom. The normalized spacial score (nSPS) is 18.1. The predicted octanol–water partition coefficient (Wildman–Crippen LogP) is 1.70. The molecule has 1 aliphatic heterocycles. The summed E-state index contributed by atoms with van der Waals surface area (Å²) in [5.41, 5.74) is 0.396. The summed E-state index contributed by atoms with van der Waals surface area (Å²) >= 11 is 0. The van der Waals surface area contributed by atoms with E-state index in [0.29, 0.717) is 17.9 Å². The number of aliphatic hydroxyl groups is 1. The van der Waals surface area contributed by atoms with Gasteiger partial charge in [0.05, 0.1) is 0 Å². The van der Waals surface area contributed by atoms with Crippen LogP contribution in [0, 0.1) is 17.6 Å². The first kappa shape index (κ1) is 13.2. The van der Waals surface area contributed by atoms with Gasteiger partial charge in [0.15, 0.2) is 0 Å². The smallest absolute Gasteiger partial charge is 0.137 e. The van der Waals surface area contributed by atoms with Crippen LogP contribution in [-0.2, 0) is 19.4 Å². The van der Waals surface area contributed by atoms with Crippen LogP contribution in [0.5, 0.6) is 0 Å². The molecule has 0 fully saturated rings. The lowest BCUT2D eigenvalue weighted by Gasteiger charge is -2.22. The lowest BCUT2D eigenvalue weighted by molar-refractivity contribution is 0.189. The monoisotopic (exact) mass is 279 g/mol. The van der Waals surface area contributed by atoms with E-state index < -0.39 is 11.6 Å². The summed E-state index contributed by atoms with van der Waals surface area (Å²) in [6.07, 6.45) is 1.93. The van der Waals surface area contributed by atoms with Gasteiger partial charge in [0.25, 0.3) is 0 Å². The number of aromatic nitrogens is 3. The molecule has 1 aromatic carbocycles. The van der Waals surface area contributed by atoms with Crippen molar-refractivity contribution >= 4 is 0 Å². The summed E-state index contributed by atoms with van der Waals surface area (Å²) in [7, 11) is 0. The van der Waals surface area contributed by atoms with Gasteiger partial charge in [-0.1, -0.05) is 6.07 Å². The molecule has 0 saturated heterocycles. The molecule has 0 aliphatic carbocycles. The maximum Gasteiger partial charge on any atom is 0.137 e. The number of aliphatic hydroxyl groups excluding tert-OH is 1. The molecule has 1 N–H and O–H groups in total. The third kappa shape index (κ3) is 2.43. The van der Waals surface area contributed by atoms with E-state index in [1.165, 1.54) is 12.1 Å². The Labute approximate surface area is 115 Å². The Morgan fingerprint density at radius 3 is 2.90 bits per heavy atom. The fourth-order valence-corrected chi connectivity index (χ4v) is 2.57. The molecule has 1 unspecified atom stereocenters. The number of fused-ring (bicyclic) bond motifs is 1. The molecule has 2 aromatic rings. The SMILES string of the molecule is OCC1CCc2nnc(Cc3ccc(F)cc3F)n2C1. The lowest BCUT2D eigenvalue weighted by Crippen LogP contribution is -2.24. The van der Waals surface area contributed by atoms with Crippen LogP contribution in [0.15, 0.2) is 18.2 Å². The molecule has 6 heteroatoms. The Bertz CT molecular complexity index is 627. The van der Waals surface area contributed by atoms with Gasteiger partial charge in [-0.25, -0.2) is 8.78 Å². The molecular formula is C14H15F2N3O. The van der Waals surface area contributed by atoms with Gasteiger partial charge >= 0.3 is 0 Å². The van der Waals surface area contributed by atoms with Crippen LogP contribution in [0.25, 0.3) is 0 Å². The first-order valence-corrected chi connectivity index (χ1v) is 6.63. The summed E-state index contributed by atoms with van der Waals surface area (Å²) in [4.78, 5) is 0. The second-order valence-corrected chi connectivity index (χ2v) is 5.14. The van der Waals surface area contributed by atoms with Gasteiger partial charge in [-0.15, -0.1) is 10.2 Å². The average Bonchev–Trinajstić information content (AvgIpc) is 2.84. The van der Waals surface area contributed by atoms with Crippen LogP contribution >= 0.6 is 0 Å². The molecule has 20 heavy (non-hydrogen) atoms. The zero-order valence-electron chi connectivity index (χ0n) is 10.9. The quantitative estimate of drug-likeness (QED) is 0.930. The highest BCUT2D eigenvalue weighted by atomic mass is 19.1. The van der Waals surface area contributed by atoms with Crippen molar-refractivity contribution in [3.63, 3.8) is 0 Å². The van der Waals surface area contributed by atoms with Crippen molar-refractivity contribution in [1.82, 2.24) is 14.8 Å². The van der Waals surface area contributed by atoms with Crippen LogP contribution in [0.4, 0.5) is 8.78 Å². The highest BCUT2D eigenvalue weighted by molar-refractivity contribution is 5.22. The van der Waals surface area contributed by atoms with Crippen molar-refractivity contribution in [3.8, 4) is 0 Å². The number of rotatable bonds is 3. The number of nitrogens with zero attached hydrogens (tertiary/aromatic N) is 3. The van der Waals surface area contributed by atoms with E-state index in [2.05, 4.69) is 10.2 Å². The summed E-state index contributed by atoms with van der Waals surface area (Å²) in [6, 6.07) is 3.54. The third-order valence-electron chi connectivity index (χ3n) is 3.74. The Hall–Kier alpha value is -1.82. The maximum atomic E-state index is 13.7. The highest BCUT2D eigenvalue weighted by Crippen LogP contribution is 2.21. The van der Waals surface area contributed by atoms with E-state index in [1.807, 2.05) is 4.57 Å². The zero-order valence-corrected chi connectivity index (χ0v) is 10.9. The largest absolute Gasteiger partial charge is 0.396 e. The van der Waals surface area contributed by atoms with E-state index >= 15 is 0 Å². The first-order valence-electron chi connectivity index (χ1n) is 6.63. The van der Waals surface area contributed by atoms with E-state index in [4.69, 9.17) is 0 Å². The minimum Gasteiger partial charge on any atom is -0.396 e. The van der Waals surface area contributed by atoms with Gasteiger partial charge in [0, 0.05) is 38.0 Å². The minimum absolute atomic E-state index is 0.127. The van der Waals surface area contributed by atoms with Gasteiger partial charge in [-0.3, -0.25) is 0 Å². The fraction of sp³-hybridized carbons (Fsp3) is 0.429. The molecule has 1 aliphatic rings. The van der Waals surface area contributed by atoms with E-state index in [0.717, 1.165) is 24.7 Å². The molecule has 1 aromatic heterocycles. The molecule has 106 valence electrons. The van der Waals surface area contributed by atoms with Gasteiger partial charge < -0.3 is 9.67 Å². The number of benzene rings is 1. The van der Waals surface area contributed by atoms with Crippen LogP contribution in [-0.4, -0.2) is 26.5 Å². The maximum absolute atomic E-state index is 13.7. The number of halogens is 2. The molecule has 3 rings (SSSR count). The number of aryl methyl sites for hydroxylation is 1. The van der Waals surface area contributed by atoms with Gasteiger partial charge in [-0.2, -0.15) is 0 Å². The van der Waals surface area contributed by atoms with E-state index in [1.54, 1.807) is 0 Å². The molecule has 0 amide bonds. The van der Waals surface area contributed by atoms with Crippen LogP contribution in [0.3, 0.4) is 0 Å². The van der Waals surface area contributed by atoms with Crippen LogP contribution < -0.4 is 0 Å². The summed E-state index contributed by atoms with van der Waals surface area (Å²) in [5.74, 6) is 0.554. The molecule has 4 nitrogen and oxygen atoms in total. The van der Waals surface area contributed by atoms with Crippen molar-refractivity contribution in [2.45, 2.75) is 25.8 Å². The van der Waals surface area contributed by atoms with E-state index in [9.17, 15) is 13.9 Å². The average molecular weight is 279 g/mol. The van der Waals surface area contributed by atoms with Crippen LogP contribution in [0.2, 0.25) is 0 Å². The van der Waals surface area contributed by atoms with E-state index in [-0.39, 0.29) is 18.9 Å². The van der Waals surface area contributed by atoms with Gasteiger partial charge in [0.1, 0.15) is 23.3 Å². The zero-order chi connectivity index (χ0) is 14.1. The summed E-state index contributed by atoms with van der Waals surface area (Å²) in [5, 5.41) is 17.5. The number of hydrogen-bond donors (Lipinski definition) is 1. The molecule has 0 saturated carbocycles. The topological polar surface area (TPSA) is 50.9 Å². The number of hydrogen-bond acceptors (Lipinski definition) is 3. The fourth-order valence-electron chi connectivity index (χ4n) is 2.57. The van der Waals surface area contributed by atoms with Crippen molar-refractivity contribution in [2.75, 3.05) is 6.61 Å². The summed E-state index contributed by atoms with van der Waals surface area (Å²) < 4.78 is 28.5. The summed E-state index contributed by atoms with van der Waals surface area (Å²) in [6.45, 7) is 0.777. The highest BCUT2D eigenvalue weighted by Gasteiger charge is 2.22. The molecule has 1 atom stereocenters. The molecule has 0 spiro atoms. The predicted molar refractivity (Wildman–Crippen MR) is 68.1 cm³/mol. The van der Waals surface area contributed by atoms with Crippen molar-refractivity contribution in [2.24, 2.45) is 5.92 Å². The van der Waals surface area contributed by atoms with Crippen molar-refractivity contribution in [1.29, 1.82) is 0 Å². The lowest BCUT2D eigenvalue weighted by atomic mass is 10.00. The Morgan fingerprint density at radius 2 is 2.15 bits per heavy atom. The third-order valence-corrected chi connectivity index (χ3v) is 3.74. The second-order valence-electron chi connectivity index (χ2n) is 5.14. The first-order chi connectivity index (χ1) is 9.67. The second kappa shape index (κ2) is 5.28. The Balaban J connectivity index is 1.87. The standard InChI is InChI=1S/C14H15F2N3O/c15-11-3-2-10(12(16)6-11)5-14-18-17-13-4-1-9(8-20)7-19(13)14/h2-3,6,9,20H,1,4-5,7-8H2.